The van der Waals surface area contributed by atoms with Crippen molar-refractivity contribution in [1.29, 1.82) is 0 Å². The van der Waals surface area contributed by atoms with Gasteiger partial charge in [-0.1, -0.05) is 60.7 Å². The Morgan fingerprint density at radius 2 is 1.46 bits per heavy atom. The molecule has 3 aliphatic rings. The number of nitrogens with zero attached hydrogens (tertiary/aromatic N) is 2. The highest BCUT2D eigenvalue weighted by Crippen LogP contribution is 2.33. The molecule has 184 valence electrons. The van der Waals surface area contributed by atoms with Crippen LogP contribution in [0.15, 0.2) is 60.7 Å². The molecule has 2 aromatic carbocycles. The summed E-state index contributed by atoms with van der Waals surface area (Å²) >= 11 is 0. The molecule has 1 aliphatic carbocycles. The van der Waals surface area contributed by atoms with Gasteiger partial charge in [-0.05, 0) is 55.6 Å². The summed E-state index contributed by atoms with van der Waals surface area (Å²) < 4.78 is 0. The van der Waals surface area contributed by atoms with E-state index in [0.717, 1.165) is 58.2 Å². The van der Waals surface area contributed by atoms with E-state index in [1.165, 1.54) is 11.1 Å². The van der Waals surface area contributed by atoms with Crippen LogP contribution in [-0.4, -0.2) is 59.1 Å². The van der Waals surface area contributed by atoms with E-state index in [9.17, 15) is 14.4 Å². The molecule has 0 aromatic heterocycles. The van der Waals surface area contributed by atoms with Crippen molar-refractivity contribution >= 4 is 17.6 Å². The number of carbonyl (C=O) groups excluding carboxylic acids is 3. The van der Waals surface area contributed by atoms with E-state index in [0.29, 0.717) is 5.92 Å². The van der Waals surface area contributed by atoms with Gasteiger partial charge in [-0.15, -0.1) is 0 Å². The molecule has 0 radical (unpaired) electrons. The Morgan fingerprint density at radius 3 is 2.11 bits per heavy atom. The van der Waals surface area contributed by atoms with Gasteiger partial charge in [-0.2, -0.15) is 0 Å². The van der Waals surface area contributed by atoms with Crippen molar-refractivity contribution < 1.29 is 14.4 Å². The summed E-state index contributed by atoms with van der Waals surface area (Å²) in [4.78, 5) is 42.5. The number of piperidine rings is 1. The zero-order valence-corrected chi connectivity index (χ0v) is 20.3. The number of likely N-dealkylation sites (tertiary alicyclic amines) is 2. The summed E-state index contributed by atoms with van der Waals surface area (Å²) in [6.07, 6.45) is 5.54. The maximum atomic E-state index is 13.0. The first-order valence-corrected chi connectivity index (χ1v) is 13.0. The Kier molecular flexibility index (Phi) is 7.28. The number of carbonyl (C=O) groups is 3. The second-order valence-electron chi connectivity index (χ2n) is 10.3. The molecule has 35 heavy (non-hydrogen) atoms. The number of hydrogen-bond donors (Lipinski definition) is 1. The molecule has 3 fully saturated rings. The zero-order chi connectivity index (χ0) is 24.2. The maximum Gasteiger partial charge on any atom is 0.291 e. The fourth-order valence-corrected chi connectivity index (χ4v) is 6.00. The molecule has 1 N–H and O–H groups in total. The first kappa shape index (κ1) is 23.7. The molecule has 2 aromatic rings. The molecule has 2 heterocycles. The predicted octanol–water partition coefficient (Wildman–Crippen LogP) is 3.52. The normalized spacial score (nSPS) is 26.2. The summed E-state index contributed by atoms with van der Waals surface area (Å²) in [7, 11) is 0. The molecular formula is C29H35N3O3. The molecule has 0 spiro atoms. The third-order valence-corrected chi connectivity index (χ3v) is 8.08. The molecule has 6 heteroatoms. The number of amides is 2. The van der Waals surface area contributed by atoms with E-state index in [4.69, 9.17) is 0 Å². The van der Waals surface area contributed by atoms with Gasteiger partial charge in [0, 0.05) is 38.3 Å². The van der Waals surface area contributed by atoms with Gasteiger partial charge in [-0.25, -0.2) is 0 Å². The van der Waals surface area contributed by atoms with Gasteiger partial charge in [0.15, 0.2) is 0 Å². The summed E-state index contributed by atoms with van der Waals surface area (Å²) in [5, 5.41) is 3.09. The van der Waals surface area contributed by atoms with Crippen LogP contribution in [0.25, 0.3) is 0 Å². The van der Waals surface area contributed by atoms with Crippen LogP contribution in [0.1, 0.15) is 55.6 Å². The van der Waals surface area contributed by atoms with Crippen molar-refractivity contribution in [3.05, 3.63) is 71.8 Å². The Labute approximate surface area is 207 Å². The van der Waals surface area contributed by atoms with E-state index >= 15 is 0 Å². The fourth-order valence-electron chi connectivity index (χ4n) is 6.00. The number of ketones is 1. The van der Waals surface area contributed by atoms with Crippen molar-refractivity contribution in [3.8, 4) is 0 Å². The van der Waals surface area contributed by atoms with Crippen molar-refractivity contribution in [3.63, 3.8) is 0 Å². The smallest absolute Gasteiger partial charge is 0.291 e. The van der Waals surface area contributed by atoms with Crippen molar-refractivity contribution in [1.82, 2.24) is 15.1 Å². The van der Waals surface area contributed by atoms with Gasteiger partial charge in [0.2, 0.25) is 11.7 Å². The minimum Gasteiger partial charge on any atom is -0.353 e. The van der Waals surface area contributed by atoms with E-state index in [2.05, 4.69) is 58.7 Å². The summed E-state index contributed by atoms with van der Waals surface area (Å²) in [5.74, 6) is -1.61. The lowest BCUT2D eigenvalue weighted by atomic mass is 9.81. The van der Waals surface area contributed by atoms with Crippen LogP contribution in [0, 0.1) is 5.92 Å². The van der Waals surface area contributed by atoms with Crippen LogP contribution in [0.2, 0.25) is 0 Å². The fraction of sp³-hybridized carbons (Fsp3) is 0.483. The Morgan fingerprint density at radius 1 is 0.829 bits per heavy atom. The topological polar surface area (TPSA) is 69.7 Å². The predicted molar refractivity (Wildman–Crippen MR) is 135 cm³/mol. The lowest BCUT2D eigenvalue weighted by Gasteiger charge is -2.36. The maximum absolute atomic E-state index is 13.0. The second-order valence-corrected chi connectivity index (χ2v) is 10.3. The van der Waals surface area contributed by atoms with E-state index < -0.39 is 17.6 Å². The summed E-state index contributed by atoms with van der Waals surface area (Å²) in [5.41, 5.74) is 2.65. The van der Waals surface area contributed by atoms with Crippen molar-refractivity contribution in [2.45, 2.75) is 63.1 Å². The largest absolute Gasteiger partial charge is 0.353 e. The van der Waals surface area contributed by atoms with Crippen LogP contribution in [0.3, 0.4) is 0 Å². The molecule has 0 bridgehead atoms. The molecule has 1 saturated carbocycles. The number of nitrogens with one attached hydrogen (secondary N) is 1. The quantitative estimate of drug-likeness (QED) is 0.515. The average molecular weight is 474 g/mol. The highest BCUT2D eigenvalue weighted by Gasteiger charge is 2.46. The molecule has 2 aliphatic heterocycles. The lowest BCUT2D eigenvalue weighted by molar-refractivity contribution is -0.143. The lowest BCUT2D eigenvalue weighted by Crippen LogP contribution is -2.46. The number of hydrogen-bond acceptors (Lipinski definition) is 4. The van der Waals surface area contributed by atoms with Gasteiger partial charge < -0.3 is 10.2 Å². The average Bonchev–Trinajstić information content (AvgIpc) is 3.20. The Hall–Kier alpha value is -2.99. The molecule has 6 nitrogen and oxygen atoms in total. The third-order valence-electron chi connectivity index (χ3n) is 8.08. The Balaban J connectivity index is 1.10. The minimum atomic E-state index is -0.864. The number of Topliss-reactive ketones (excluding diaryl/α,β-unsaturated/α-hetero) is 1. The molecular weight excluding hydrogens is 438 g/mol. The number of benzene rings is 2. The number of rotatable bonds is 6. The second kappa shape index (κ2) is 10.7. The zero-order valence-electron chi connectivity index (χ0n) is 20.3. The standard InChI is InChI=1S/C29H35N3O3/c33-27-26(28(34)30-24-13-11-23(12-14-24)22-9-5-2-6-10-22)20-32(29(27)35)25-15-17-31(18-16-25)19-21-7-3-1-4-8-21/h1-10,23-26H,11-20H2,(H,30,34). The summed E-state index contributed by atoms with van der Waals surface area (Å²) in [6.45, 7) is 2.91. The van der Waals surface area contributed by atoms with Gasteiger partial charge >= 0.3 is 0 Å². The third kappa shape index (κ3) is 5.48. The molecule has 1 atom stereocenters. The highest BCUT2D eigenvalue weighted by molar-refractivity contribution is 6.42. The highest BCUT2D eigenvalue weighted by atomic mass is 16.2. The molecule has 2 amide bonds. The SMILES string of the molecule is O=C(NC1CCC(c2ccccc2)CC1)C1CN(C2CCN(Cc3ccccc3)CC2)C(=O)C1=O. The van der Waals surface area contributed by atoms with Crippen molar-refractivity contribution in [2.75, 3.05) is 19.6 Å². The monoisotopic (exact) mass is 473 g/mol. The van der Waals surface area contributed by atoms with Gasteiger partial charge in [0.25, 0.3) is 5.91 Å². The first-order valence-electron chi connectivity index (χ1n) is 13.0. The van der Waals surface area contributed by atoms with Crippen LogP contribution >= 0.6 is 0 Å². The van der Waals surface area contributed by atoms with Crippen LogP contribution < -0.4 is 5.32 Å². The Bertz CT molecular complexity index is 1030. The molecule has 5 rings (SSSR count). The van der Waals surface area contributed by atoms with Crippen LogP contribution in [-0.2, 0) is 20.9 Å². The van der Waals surface area contributed by atoms with Crippen LogP contribution in [0.4, 0.5) is 0 Å². The van der Waals surface area contributed by atoms with Crippen molar-refractivity contribution in [2.24, 2.45) is 5.92 Å². The molecule has 2 saturated heterocycles. The first-order chi connectivity index (χ1) is 17.1. The van der Waals surface area contributed by atoms with E-state index in [1.807, 2.05) is 12.1 Å². The van der Waals surface area contributed by atoms with Gasteiger partial charge in [0.1, 0.15) is 5.92 Å². The van der Waals surface area contributed by atoms with Gasteiger partial charge in [0.05, 0.1) is 0 Å². The van der Waals surface area contributed by atoms with Gasteiger partial charge in [-0.3, -0.25) is 19.3 Å². The van der Waals surface area contributed by atoms with E-state index in [1.54, 1.807) is 4.90 Å². The van der Waals surface area contributed by atoms with Crippen LogP contribution in [0.5, 0.6) is 0 Å². The van der Waals surface area contributed by atoms with E-state index in [-0.39, 0.29) is 24.5 Å². The minimum absolute atomic E-state index is 0.0394. The summed E-state index contributed by atoms with van der Waals surface area (Å²) in [6, 6.07) is 21.0. The molecule has 1 unspecified atom stereocenters.